The molecule has 0 unspecified atom stereocenters. The minimum atomic E-state index is -5.32. The Bertz CT molecular complexity index is 1050. The number of halogens is 3. The first-order valence-electron chi connectivity index (χ1n) is 9.99. The van der Waals surface area contributed by atoms with Gasteiger partial charge >= 0.3 is 12.1 Å². The third-order valence-corrected chi connectivity index (χ3v) is 5.20. The number of alkyl halides is 3. The standard InChI is InChI=1S/C23H24F3N3O3/c1-14(15-10-6-5-7-11-15)29(20(32)23(24,25)26)22(19(31)28-21(2,3)4)16-12-8-9-13-17(16)27-18(22)30/h5-14H,1-4H3,(H,27,30)(H,28,31)/t14-,22+/m0/s1. The van der Waals surface area contributed by atoms with E-state index in [0.717, 1.165) is 0 Å². The van der Waals surface area contributed by atoms with Crippen LogP contribution < -0.4 is 10.6 Å². The molecule has 3 amide bonds. The highest BCUT2D eigenvalue weighted by Gasteiger charge is 2.64. The monoisotopic (exact) mass is 447 g/mol. The van der Waals surface area contributed by atoms with Gasteiger partial charge in [0.1, 0.15) is 0 Å². The van der Waals surface area contributed by atoms with E-state index in [9.17, 15) is 27.6 Å². The topological polar surface area (TPSA) is 78.5 Å². The van der Waals surface area contributed by atoms with Crippen molar-refractivity contribution in [1.29, 1.82) is 0 Å². The summed E-state index contributed by atoms with van der Waals surface area (Å²) in [6.07, 6.45) is -5.32. The number of anilines is 1. The van der Waals surface area contributed by atoms with Crippen LogP contribution in [0, 0.1) is 0 Å². The predicted octanol–water partition coefficient (Wildman–Crippen LogP) is 3.90. The Morgan fingerprint density at radius 2 is 1.56 bits per heavy atom. The normalized spacial score (nSPS) is 19.0. The Balaban J connectivity index is 2.34. The number of hydrogen-bond donors (Lipinski definition) is 2. The molecule has 2 atom stereocenters. The molecule has 9 heteroatoms. The van der Waals surface area contributed by atoms with Gasteiger partial charge in [-0.2, -0.15) is 13.2 Å². The highest BCUT2D eigenvalue weighted by molar-refractivity contribution is 6.22. The van der Waals surface area contributed by atoms with Gasteiger partial charge < -0.3 is 15.5 Å². The van der Waals surface area contributed by atoms with Crippen LogP contribution in [0.1, 0.15) is 44.9 Å². The van der Waals surface area contributed by atoms with Crippen molar-refractivity contribution in [3.63, 3.8) is 0 Å². The molecule has 0 spiro atoms. The molecular formula is C23H24F3N3O3. The molecular weight excluding hydrogens is 423 g/mol. The fourth-order valence-corrected chi connectivity index (χ4v) is 3.88. The lowest BCUT2D eigenvalue weighted by atomic mass is 9.84. The van der Waals surface area contributed by atoms with Gasteiger partial charge in [0.2, 0.25) is 5.54 Å². The smallest absolute Gasteiger partial charge is 0.349 e. The maximum atomic E-state index is 13.8. The number of nitrogens with one attached hydrogen (secondary N) is 2. The second kappa shape index (κ2) is 7.96. The van der Waals surface area contributed by atoms with Crippen LogP contribution in [0.3, 0.4) is 0 Å². The third kappa shape index (κ3) is 3.94. The van der Waals surface area contributed by atoms with Gasteiger partial charge in [0, 0.05) is 16.8 Å². The van der Waals surface area contributed by atoms with E-state index in [2.05, 4.69) is 10.6 Å². The molecule has 32 heavy (non-hydrogen) atoms. The number of amides is 3. The van der Waals surface area contributed by atoms with Crippen LogP contribution in [0.15, 0.2) is 54.6 Å². The Hall–Kier alpha value is -3.36. The van der Waals surface area contributed by atoms with Gasteiger partial charge in [0.25, 0.3) is 11.8 Å². The molecule has 0 saturated heterocycles. The van der Waals surface area contributed by atoms with Gasteiger partial charge in [-0.05, 0) is 39.3 Å². The van der Waals surface area contributed by atoms with Crippen molar-refractivity contribution in [3.8, 4) is 0 Å². The lowest BCUT2D eigenvalue weighted by Crippen LogP contribution is -2.66. The van der Waals surface area contributed by atoms with Crippen LogP contribution in [0.25, 0.3) is 0 Å². The van der Waals surface area contributed by atoms with Gasteiger partial charge in [-0.25, -0.2) is 0 Å². The highest BCUT2D eigenvalue weighted by atomic mass is 19.4. The van der Waals surface area contributed by atoms with E-state index in [4.69, 9.17) is 0 Å². The average molecular weight is 447 g/mol. The molecule has 3 rings (SSSR count). The molecule has 0 bridgehead atoms. The van der Waals surface area contributed by atoms with Crippen molar-refractivity contribution in [2.75, 3.05) is 5.32 Å². The molecule has 0 aliphatic carbocycles. The average Bonchev–Trinajstić information content (AvgIpc) is 2.99. The minimum absolute atomic E-state index is 0.0212. The van der Waals surface area contributed by atoms with Gasteiger partial charge in [-0.1, -0.05) is 48.5 Å². The van der Waals surface area contributed by atoms with Crippen LogP contribution in [0.2, 0.25) is 0 Å². The molecule has 6 nitrogen and oxygen atoms in total. The highest BCUT2D eigenvalue weighted by Crippen LogP contribution is 2.46. The summed E-state index contributed by atoms with van der Waals surface area (Å²) in [5.74, 6) is -4.33. The van der Waals surface area contributed by atoms with E-state index >= 15 is 0 Å². The zero-order valence-corrected chi connectivity index (χ0v) is 18.1. The SMILES string of the molecule is C[C@@H](c1ccccc1)N(C(=O)C(F)(F)F)[C@@]1(C(=O)NC(C)(C)C)C(=O)Nc2ccccc21. The van der Waals surface area contributed by atoms with Crippen molar-refractivity contribution < 1.29 is 27.6 Å². The molecule has 2 aromatic carbocycles. The molecule has 2 aromatic rings. The molecule has 1 heterocycles. The number of benzene rings is 2. The Morgan fingerprint density at radius 1 is 1.00 bits per heavy atom. The largest absolute Gasteiger partial charge is 0.471 e. The maximum absolute atomic E-state index is 13.8. The Morgan fingerprint density at radius 3 is 2.12 bits per heavy atom. The van der Waals surface area contributed by atoms with Gasteiger partial charge in [0.05, 0.1) is 6.04 Å². The van der Waals surface area contributed by atoms with Crippen LogP contribution in [0.4, 0.5) is 18.9 Å². The van der Waals surface area contributed by atoms with Crippen LogP contribution >= 0.6 is 0 Å². The first-order valence-corrected chi connectivity index (χ1v) is 9.99. The summed E-state index contributed by atoms with van der Waals surface area (Å²) in [4.78, 5) is 40.2. The van der Waals surface area contributed by atoms with E-state index in [-0.39, 0.29) is 11.3 Å². The Labute approximate surface area is 183 Å². The van der Waals surface area contributed by atoms with Crippen molar-refractivity contribution in [2.45, 2.75) is 51.0 Å². The van der Waals surface area contributed by atoms with Crippen LogP contribution in [-0.4, -0.2) is 34.3 Å². The van der Waals surface area contributed by atoms with Gasteiger partial charge in [0.15, 0.2) is 0 Å². The first kappa shape index (κ1) is 23.3. The molecule has 0 aromatic heterocycles. The molecule has 2 N–H and O–H groups in total. The minimum Gasteiger partial charge on any atom is -0.349 e. The van der Waals surface area contributed by atoms with Crippen LogP contribution in [0.5, 0.6) is 0 Å². The summed E-state index contributed by atoms with van der Waals surface area (Å²) in [5.41, 5.74) is -2.96. The Kier molecular flexibility index (Phi) is 5.80. The first-order chi connectivity index (χ1) is 14.8. The lowest BCUT2D eigenvalue weighted by molar-refractivity contribution is -0.197. The molecule has 170 valence electrons. The third-order valence-electron chi connectivity index (χ3n) is 5.20. The summed E-state index contributed by atoms with van der Waals surface area (Å²) in [5, 5.41) is 5.09. The number of hydrogen-bond acceptors (Lipinski definition) is 3. The molecule has 0 saturated carbocycles. The number of para-hydroxylation sites is 1. The summed E-state index contributed by atoms with van der Waals surface area (Å²) >= 11 is 0. The van der Waals surface area contributed by atoms with Crippen molar-refractivity contribution in [3.05, 3.63) is 65.7 Å². The van der Waals surface area contributed by atoms with Crippen LogP contribution in [-0.2, 0) is 19.9 Å². The zero-order chi connectivity index (χ0) is 23.9. The van der Waals surface area contributed by atoms with Gasteiger partial charge in [-0.15, -0.1) is 0 Å². The second-order valence-corrected chi connectivity index (χ2v) is 8.67. The lowest BCUT2D eigenvalue weighted by Gasteiger charge is -2.43. The summed E-state index contributed by atoms with van der Waals surface area (Å²) in [6.45, 7) is 6.26. The molecule has 1 aliphatic heterocycles. The number of carbonyl (C=O) groups excluding carboxylic acids is 3. The second-order valence-electron chi connectivity index (χ2n) is 8.67. The fraction of sp³-hybridized carbons (Fsp3) is 0.348. The summed E-state index contributed by atoms with van der Waals surface area (Å²) in [6, 6.07) is 12.6. The summed E-state index contributed by atoms with van der Waals surface area (Å²) < 4.78 is 41.5. The van der Waals surface area contributed by atoms with Crippen molar-refractivity contribution >= 4 is 23.4 Å². The number of carbonyl (C=O) groups is 3. The van der Waals surface area contributed by atoms with E-state index in [1.807, 2.05) is 0 Å². The molecule has 0 fully saturated rings. The zero-order valence-electron chi connectivity index (χ0n) is 18.1. The van der Waals surface area contributed by atoms with E-state index in [1.54, 1.807) is 45.0 Å². The van der Waals surface area contributed by atoms with Crippen molar-refractivity contribution in [2.24, 2.45) is 0 Å². The van der Waals surface area contributed by atoms with E-state index in [1.165, 1.54) is 37.3 Å². The molecule has 0 radical (unpaired) electrons. The van der Waals surface area contributed by atoms with E-state index in [0.29, 0.717) is 10.5 Å². The fourth-order valence-electron chi connectivity index (χ4n) is 3.88. The maximum Gasteiger partial charge on any atom is 0.471 e. The quantitative estimate of drug-likeness (QED) is 0.698. The predicted molar refractivity (Wildman–Crippen MR) is 112 cm³/mol. The number of fused-ring (bicyclic) bond motifs is 1. The number of rotatable bonds is 4. The molecule has 1 aliphatic rings. The van der Waals surface area contributed by atoms with E-state index < -0.39 is 41.0 Å². The number of nitrogens with zero attached hydrogens (tertiary/aromatic N) is 1. The van der Waals surface area contributed by atoms with Gasteiger partial charge in [-0.3, -0.25) is 14.4 Å². The van der Waals surface area contributed by atoms with Crippen molar-refractivity contribution in [1.82, 2.24) is 10.2 Å². The summed E-state index contributed by atoms with van der Waals surface area (Å²) in [7, 11) is 0.